The van der Waals surface area contributed by atoms with Crippen LogP contribution in [0.3, 0.4) is 0 Å². The number of halogens is 1. The van der Waals surface area contributed by atoms with Crippen molar-refractivity contribution < 1.29 is 14.3 Å². The number of hydrogen-bond acceptors (Lipinski definition) is 4. The van der Waals surface area contributed by atoms with Gasteiger partial charge in [-0.3, -0.25) is 9.59 Å². The zero-order chi connectivity index (χ0) is 18.7. The number of carbonyl (C=O) groups excluding carboxylic acids is 2. The normalized spacial score (nSPS) is 11.7. The fourth-order valence-electron chi connectivity index (χ4n) is 2.47. The van der Waals surface area contributed by atoms with Crippen LogP contribution in [0.5, 0.6) is 0 Å². The second kappa shape index (κ2) is 7.97. The molecule has 0 spiro atoms. The smallest absolute Gasteiger partial charge is 0.326 e. The van der Waals surface area contributed by atoms with Crippen LogP contribution < -0.4 is 4.80 Å². The molecular weight excluding hydrogens is 416 g/mol. The van der Waals surface area contributed by atoms with E-state index in [4.69, 9.17) is 4.74 Å². The first kappa shape index (κ1) is 18.5. The van der Waals surface area contributed by atoms with Crippen LogP contribution in [0.25, 0.3) is 10.2 Å². The number of thiazole rings is 1. The predicted octanol–water partition coefficient (Wildman–Crippen LogP) is 4.08. The Hall–Kier alpha value is -2.25. The topological polar surface area (TPSA) is 60.7 Å². The maximum absolute atomic E-state index is 12.5. The standard InChI is InChI=1S/C19H17BrN2O3S/c1-3-25-17(23)11-22-15-9-8-14(20)10-16(15)26-19(22)21-18(24)13-6-4-12(2)5-7-13/h4-10H,3,11H2,1-2H3. The van der Waals surface area contributed by atoms with Crippen molar-refractivity contribution in [1.82, 2.24) is 4.57 Å². The SMILES string of the molecule is CCOC(=O)Cn1c(=NC(=O)c2ccc(C)cc2)sc2cc(Br)ccc21. The molecule has 26 heavy (non-hydrogen) atoms. The first-order valence-electron chi connectivity index (χ1n) is 8.08. The predicted molar refractivity (Wildman–Crippen MR) is 105 cm³/mol. The van der Waals surface area contributed by atoms with Crippen LogP contribution in [0, 0.1) is 6.92 Å². The number of esters is 1. The number of aromatic nitrogens is 1. The molecule has 7 heteroatoms. The Kier molecular flexibility index (Phi) is 5.68. The average molecular weight is 433 g/mol. The summed E-state index contributed by atoms with van der Waals surface area (Å²) in [5.41, 5.74) is 2.42. The molecular formula is C19H17BrN2O3S. The van der Waals surface area contributed by atoms with Crippen molar-refractivity contribution in [2.75, 3.05) is 6.61 Å². The summed E-state index contributed by atoms with van der Waals surface area (Å²) >= 11 is 4.81. The zero-order valence-electron chi connectivity index (χ0n) is 14.4. The second-order valence-corrected chi connectivity index (χ2v) is 7.60. The summed E-state index contributed by atoms with van der Waals surface area (Å²) in [6, 6.07) is 13.0. The molecule has 0 bridgehead atoms. The van der Waals surface area contributed by atoms with Gasteiger partial charge in [-0.1, -0.05) is 45.0 Å². The van der Waals surface area contributed by atoms with E-state index in [0.29, 0.717) is 17.0 Å². The lowest BCUT2D eigenvalue weighted by molar-refractivity contribution is -0.143. The molecule has 0 aliphatic rings. The van der Waals surface area contributed by atoms with Gasteiger partial charge in [0.25, 0.3) is 5.91 Å². The van der Waals surface area contributed by atoms with Crippen molar-refractivity contribution in [3.05, 3.63) is 62.9 Å². The van der Waals surface area contributed by atoms with Crippen molar-refractivity contribution in [3.8, 4) is 0 Å². The molecule has 0 aliphatic heterocycles. The number of amides is 1. The van der Waals surface area contributed by atoms with Gasteiger partial charge in [0.2, 0.25) is 0 Å². The van der Waals surface area contributed by atoms with Crippen LogP contribution in [-0.2, 0) is 16.1 Å². The molecule has 0 saturated carbocycles. The van der Waals surface area contributed by atoms with Gasteiger partial charge in [-0.15, -0.1) is 0 Å². The van der Waals surface area contributed by atoms with E-state index in [1.54, 1.807) is 23.6 Å². The third-order valence-corrected chi connectivity index (χ3v) is 5.27. The van der Waals surface area contributed by atoms with Crippen LogP contribution in [0.15, 0.2) is 51.9 Å². The van der Waals surface area contributed by atoms with Crippen LogP contribution in [0.4, 0.5) is 0 Å². The van der Waals surface area contributed by atoms with E-state index in [1.165, 1.54) is 11.3 Å². The van der Waals surface area contributed by atoms with E-state index in [2.05, 4.69) is 20.9 Å². The van der Waals surface area contributed by atoms with Gasteiger partial charge >= 0.3 is 5.97 Å². The lowest BCUT2D eigenvalue weighted by atomic mass is 10.1. The minimum atomic E-state index is -0.362. The summed E-state index contributed by atoms with van der Waals surface area (Å²) in [5, 5.41) is 0. The maximum Gasteiger partial charge on any atom is 0.326 e. The summed E-state index contributed by atoms with van der Waals surface area (Å²) in [5.74, 6) is -0.701. The molecule has 3 aromatic rings. The summed E-state index contributed by atoms with van der Waals surface area (Å²) in [7, 11) is 0. The molecule has 2 aromatic carbocycles. The zero-order valence-corrected chi connectivity index (χ0v) is 16.8. The molecule has 134 valence electrons. The van der Waals surface area contributed by atoms with Crippen molar-refractivity contribution in [2.24, 2.45) is 4.99 Å². The first-order chi connectivity index (χ1) is 12.5. The van der Waals surface area contributed by atoms with Crippen molar-refractivity contribution in [3.63, 3.8) is 0 Å². The molecule has 0 fully saturated rings. The first-order valence-corrected chi connectivity index (χ1v) is 9.69. The minimum absolute atomic E-state index is 0.00941. The van der Waals surface area contributed by atoms with Gasteiger partial charge in [-0.25, -0.2) is 0 Å². The molecule has 0 radical (unpaired) electrons. The number of ether oxygens (including phenoxy) is 1. The quantitative estimate of drug-likeness (QED) is 0.583. The molecule has 0 atom stereocenters. The Balaban J connectivity index is 2.09. The van der Waals surface area contributed by atoms with Gasteiger partial charge in [0.1, 0.15) is 6.54 Å². The third-order valence-electron chi connectivity index (χ3n) is 3.73. The summed E-state index contributed by atoms with van der Waals surface area (Å²) in [6.07, 6.45) is 0. The Morgan fingerprint density at radius 2 is 1.92 bits per heavy atom. The molecule has 0 saturated heterocycles. The van der Waals surface area contributed by atoms with E-state index < -0.39 is 0 Å². The van der Waals surface area contributed by atoms with Crippen molar-refractivity contribution >= 4 is 49.4 Å². The van der Waals surface area contributed by atoms with Gasteiger partial charge in [0, 0.05) is 10.0 Å². The van der Waals surface area contributed by atoms with Gasteiger partial charge < -0.3 is 9.30 Å². The van der Waals surface area contributed by atoms with Crippen LogP contribution in [-0.4, -0.2) is 23.1 Å². The molecule has 1 heterocycles. The molecule has 0 N–H and O–H groups in total. The fraction of sp³-hybridized carbons (Fsp3) is 0.211. The minimum Gasteiger partial charge on any atom is -0.465 e. The largest absolute Gasteiger partial charge is 0.465 e. The van der Waals surface area contributed by atoms with Gasteiger partial charge in [-0.05, 0) is 44.2 Å². The molecule has 1 amide bonds. The Bertz CT molecular complexity index is 1040. The Morgan fingerprint density at radius 1 is 1.19 bits per heavy atom. The van der Waals surface area contributed by atoms with E-state index in [-0.39, 0.29) is 18.4 Å². The van der Waals surface area contributed by atoms with Gasteiger partial charge in [0.15, 0.2) is 4.80 Å². The lowest BCUT2D eigenvalue weighted by Gasteiger charge is -2.05. The number of rotatable bonds is 4. The van der Waals surface area contributed by atoms with Gasteiger partial charge in [0.05, 0.1) is 16.8 Å². The highest BCUT2D eigenvalue weighted by Crippen LogP contribution is 2.22. The van der Waals surface area contributed by atoms with Crippen molar-refractivity contribution in [1.29, 1.82) is 0 Å². The lowest BCUT2D eigenvalue weighted by Crippen LogP contribution is -2.23. The number of aryl methyl sites for hydroxylation is 1. The van der Waals surface area contributed by atoms with E-state index in [1.807, 2.05) is 37.3 Å². The number of hydrogen-bond donors (Lipinski definition) is 0. The molecule has 3 rings (SSSR count). The highest BCUT2D eigenvalue weighted by atomic mass is 79.9. The highest BCUT2D eigenvalue weighted by molar-refractivity contribution is 9.10. The second-order valence-electron chi connectivity index (χ2n) is 5.67. The Labute approximate surface area is 163 Å². The fourth-order valence-corrected chi connectivity index (χ4v) is 4.05. The number of carbonyl (C=O) groups is 2. The molecule has 1 aromatic heterocycles. The van der Waals surface area contributed by atoms with Crippen LogP contribution in [0.2, 0.25) is 0 Å². The van der Waals surface area contributed by atoms with Crippen molar-refractivity contribution in [2.45, 2.75) is 20.4 Å². The molecule has 0 unspecified atom stereocenters. The summed E-state index contributed by atoms with van der Waals surface area (Å²) < 4.78 is 8.63. The Morgan fingerprint density at radius 3 is 2.62 bits per heavy atom. The van der Waals surface area contributed by atoms with E-state index in [0.717, 1.165) is 20.3 Å². The van der Waals surface area contributed by atoms with E-state index >= 15 is 0 Å². The summed E-state index contributed by atoms with van der Waals surface area (Å²) in [4.78, 5) is 29.3. The maximum atomic E-state index is 12.5. The number of nitrogens with zero attached hydrogens (tertiary/aromatic N) is 2. The van der Waals surface area contributed by atoms with Crippen LogP contribution >= 0.6 is 27.3 Å². The summed E-state index contributed by atoms with van der Waals surface area (Å²) in [6.45, 7) is 4.04. The van der Waals surface area contributed by atoms with Gasteiger partial charge in [-0.2, -0.15) is 4.99 Å². The molecule has 5 nitrogen and oxygen atoms in total. The average Bonchev–Trinajstić information content (AvgIpc) is 2.92. The monoisotopic (exact) mass is 432 g/mol. The number of benzene rings is 2. The highest BCUT2D eigenvalue weighted by Gasteiger charge is 2.13. The number of fused-ring (bicyclic) bond motifs is 1. The van der Waals surface area contributed by atoms with E-state index in [9.17, 15) is 9.59 Å². The molecule has 0 aliphatic carbocycles. The van der Waals surface area contributed by atoms with Crippen LogP contribution in [0.1, 0.15) is 22.8 Å². The third kappa shape index (κ3) is 4.11.